The topological polar surface area (TPSA) is 15.7 Å². The first-order chi connectivity index (χ1) is 25.8. The molecule has 0 aliphatic carbocycles. The third-order valence-electron chi connectivity index (χ3n) is 9.30. The number of nitrogens with zero attached hydrogens (tertiary/aromatic N) is 2. The predicted octanol–water partition coefficient (Wildman–Crippen LogP) is 14.2. The lowest BCUT2D eigenvalue weighted by Crippen LogP contribution is -2.09. The van der Waals surface area contributed by atoms with Gasteiger partial charge in [0.05, 0.1) is 9.79 Å². The van der Waals surface area contributed by atoms with Gasteiger partial charge in [-0.15, -0.1) is 0 Å². The molecule has 0 fully saturated rings. The van der Waals surface area contributed by atoms with Crippen molar-refractivity contribution in [2.24, 2.45) is 0 Å². The first kappa shape index (κ1) is 31.5. The van der Waals surface area contributed by atoms with Crippen molar-refractivity contribution < 1.29 is 4.74 Å². The highest BCUT2D eigenvalue weighted by molar-refractivity contribution is 7.99. The summed E-state index contributed by atoms with van der Waals surface area (Å²) in [6, 6.07) is 72.5. The van der Waals surface area contributed by atoms with Crippen LogP contribution < -0.4 is 14.5 Å². The second-order valence-electron chi connectivity index (χ2n) is 12.6. The second-order valence-corrected chi connectivity index (χ2v) is 13.7. The maximum Gasteiger partial charge on any atom is 0.142 e. The van der Waals surface area contributed by atoms with Crippen molar-refractivity contribution in [2.45, 2.75) is 9.79 Å². The van der Waals surface area contributed by atoms with Gasteiger partial charge in [0, 0.05) is 34.1 Å². The fourth-order valence-electron chi connectivity index (χ4n) is 6.75. The van der Waals surface area contributed by atoms with E-state index in [2.05, 4.69) is 216 Å². The second kappa shape index (κ2) is 14.0. The number of hydrogen-bond acceptors (Lipinski definition) is 4. The van der Waals surface area contributed by atoms with Crippen LogP contribution in [-0.2, 0) is 0 Å². The molecule has 0 spiro atoms. The van der Waals surface area contributed by atoms with E-state index in [1.165, 1.54) is 0 Å². The fraction of sp³-hybridized carbons (Fsp3) is 0. The van der Waals surface area contributed by atoms with E-state index in [1.807, 2.05) is 0 Å². The number of ether oxygens (including phenoxy) is 1. The summed E-state index contributed by atoms with van der Waals surface area (Å²) >= 11 is 1.76. The van der Waals surface area contributed by atoms with E-state index in [9.17, 15) is 0 Å². The molecular formula is C48H34N2OS. The summed E-state index contributed by atoms with van der Waals surface area (Å²) in [5, 5.41) is 0. The van der Waals surface area contributed by atoms with E-state index in [1.54, 1.807) is 11.8 Å². The van der Waals surface area contributed by atoms with Crippen LogP contribution in [-0.4, -0.2) is 0 Å². The van der Waals surface area contributed by atoms with Crippen molar-refractivity contribution in [3.8, 4) is 33.8 Å². The van der Waals surface area contributed by atoms with Crippen LogP contribution in [0, 0.1) is 0 Å². The van der Waals surface area contributed by atoms with E-state index >= 15 is 0 Å². The predicted molar refractivity (Wildman–Crippen MR) is 217 cm³/mol. The molecule has 0 unspecified atom stereocenters. The van der Waals surface area contributed by atoms with Gasteiger partial charge in [-0.25, -0.2) is 0 Å². The maximum atomic E-state index is 6.62. The average Bonchev–Trinajstić information content (AvgIpc) is 3.22. The highest BCUT2D eigenvalue weighted by Crippen LogP contribution is 2.49. The lowest BCUT2D eigenvalue weighted by molar-refractivity contribution is 0.455. The van der Waals surface area contributed by atoms with Crippen molar-refractivity contribution in [1.29, 1.82) is 0 Å². The summed E-state index contributed by atoms with van der Waals surface area (Å²) in [5.74, 6) is 1.76. The lowest BCUT2D eigenvalue weighted by Gasteiger charge is -2.25. The lowest BCUT2D eigenvalue weighted by atomic mass is 10.0. The van der Waals surface area contributed by atoms with E-state index in [4.69, 9.17) is 4.74 Å². The zero-order chi connectivity index (χ0) is 34.7. The summed E-state index contributed by atoms with van der Waals surface area (Å²) in [4.78, 5) is 6.79. The van der Waals surface area contributed by atoms with Gasteiger partial charge >= 0.3 is 0 Å². The van der Waals surface area contributed by atoms with Gasteiger partial charge in [-0.3, -0.25) is 0 Å². The largest absolute Gasteiger partial charge is 0.455 e. The molecule has 1 aliphatic rings. The van der Waals surface area contributed by atoms with Crippen molar-refractivity contribution in [3.63, 3.8) is 0 Å². The first-order valence-corrected chi connectivity index (χ1v) is 18.2. The van der Waals surface area contributed by atoms with Crippen LogP contribution in [0.1, 0.15) is 0 Å². The van der Waals surface area contributed by atoms with Crippen molar-refractivity contribution in [3.05, 3.63) is 206 Å². The van der Waals surface area contributed by atoms with E-state index in [0.29, 0.717) is 0 Å². The molecule has 3 nitrogen and oxygen atoms in total. The van der Waals surface area contributed by atoms with Gasteiger partial charge in [0.15, 0.2) is 0 Å². The Labute approximate surface area is 309 Å². The molecule has 4 heteroatoms. The molecule has 52 heavy (non-hydrogen) atoms. The SMILES string of the molecule is c1ccc(N(c2ccccc2)c2ccc(-c3ccc4c(c3)Oc3cc(-c5ccc(N(c6ccccc6)c6ccccc6)cc5)ccc3S4)cc2)cc1. The third-order valence-corrected chi connectivity index (χ3v) is 10.4. The van der Waals surface area contributed by atoms with Crippen molar-refractivity contribution >= 4 is 45.9 Å². The van der Waals surface area contributed by atoms with Crippen LogP contribution in [0.3, 0.4) is 0 Å². The van der Waals surface area contributed by atoms with Crippen LogP contribution in [0.2, 0.25) is 0 Å². The number of para-hydroxylation sites is 4. The minimum Gasteiger partial charge on any atom is -0.455 e. The molecule has 0 bridgehead atoms. The van der Waals surface area contributed by atoms with Crippen LogP contribution in [0.15, 0.2) is 216 Å². The monoisotopic (exact) mass is 686 g/mol. The number of anilines is 6. The van der Waals surface area contributed by atoms with E-state index in [-0.39, 0.29) is 0 Å². The van der Waals surface area contributed by atoms with Crippen molar-refractivity contribution in [1.82, 2.24) is 0 Å². The minimum absolute atomic E-state index is 0.878. The first-order valence-electron chi connectivity index (χ1n) is 17.4. The molecule has 1 heterocycles. The highest BCUT2D eigenvalue weighted by Gasteiger charge is 2.20. The Morgan fingerprint density at radius 3 is 0.904 bits per heavy atom. The van der Waals surface area contributed by atoms with Crippen molar-refractivity contribution in [2.75, 3.05) is 9.80 Å². The van der Waals surface area contributed by atoms with Gasteiger partial charge < -0.3 is 14.5 Å². The van der Waals surface area contributed by atoms with Gasteiger partial charge in [0.1, 0.15) is 11.5 Å². The number of hydrogen-bond donors (Lipinski definition) is 0. The number of benzene rings is 8. The molecule has 0 amide bonds. The standard InChI is InChI=1S/C48H34N2OS/c1-5-13-39(14-6-1)49(40-15-7-2-8-16-40)43-27-21-35(22-28-43)37-25-31-47-45(33-37)51-46-34-38(26-32-48(46)52-47)36-23-29-44(30-24-36)50(41-17-9-3-10-18-41)42-19-11-4-12-20-42/h1-34H. The molecule has 0 atom stereocenters. The molecule has 0 saturated carbocycles. The van der Waals surface area contributed by atoms with Gasteiger partial charge in [0.25, 0.3) is 0 Å². The summed E-state index contributed by atoms with van der Waals surface area (Å²) in [6.45, 7) is 0. The number of fused-ring (bicyclic) bond motifs is 2. The Balaban J connectivity index is 0.967. The molecule has 1 aliphatic heterocycles. The summed E-state index contributed by atoms with van der Waals surface area (Å²) in [5.41, 5.74) is 11.2. The molecule has 0 radical (unpaired) electrons. The van der Waals surface area contributed by atoms with Gasteiger partial charge in [0.2, 0.25) is 0 Å². The van der Waals surface area contributed by atoms with Crippen LogP contribution in [0.25, 0.3) is 22.3 Å². The molecular weight excluding hydrogens is 653 g/mol. The molecule has 9 rings (SSSR count). The molecule has 248 valence electrons. The third kappa shape index (κ3) is 6.32. The Kier molecular flexibility index (Phi) is 8.49. The smallest absolute Gasteiger partial charge is 0.142 e. The summed E-state index contributed by atoms with van der Waals surface area (Å²) in [7, 11) is 0. The van der Waals surface area contributed by atoms with Crippen LogP contribution in [0.5, 0.6) is 11.5 Å². The molecule has 8 aromatic rings. The molecule has 0 aromatic heterocycles. The van der Waals surface area contributed by atoms with Gasteiger partial charge in [-0.05, 0) is 119 Å². The number of rotatable bonds is 8. The zero-order valence-corrected chi connectivity index (χ0v) is 29.2. The highest BCUT2D eigenvalue weighted by atomic mass is 32.2. The van der Waals surface area contributed by atoms with Gasteiger partial charge in [-0.1, -0.05) is 121 Å². The zero-order valence-electron chi connectivity index (χ0n) is 28.3. The van der Waals surface area contributed by atoms with Gasteiger partial charge in [-0.2, -0.15) is 0 Å². The Bertz CT molecular complexity index is 2180. The Morgan fingerprint density at radius 2 is 0.577 bits per heavy atom. The Hall–Kier alpha value is -6.49. The quantitative estimate of drug-likeness (QED) is 0.158. The average molecular weight is 687 g/mol. The normalized spacial score (nSPS) is 11.5. The van der Waals surface area contributed by atoms with E-state index in [0.717, 1.165) is 77.7 Å². The molecule has 0 N–H and O–H groups in total. The Morgan fingerprint density at radius 1 is 0.288 bits per heavy atom. The molecule has 0 saturated heterocycles. The minimum atomic E-state index is 0.878. The van der Waals surface area contributed by atoms with Crippen LogP contribution >= 0.6 is 11.8 Å². The molecule has 8 aromatic carbocycles. The van der Waals surface area contributed by atoms with Crippen LogP contribution in [0.4, 0.5) is 34.1 Å². The fourth-order valence-corrected chi connectivity index (χ4v) is 7.66. The summed E-state index contributed by atoms with van der Waals surface area (Å²) in [6.07, 6.45) is 0. The maximum absolute atomic E-state index is 6.62. The van der Waals surface area contributed by atoms with E-state index < -0.39 is 0 Å². The summed E-state index contributed by atoms with van der Waals surface area (Å²) < 4.78 is 6.62.